The van der Waals surface area contributed by atoms with Crippen molar-refractivity contribution in [3.05, 3.63) is 42.5 Å². The van der Waals surface area contributed by atoms with Crippen molar-refractivity contribution in [1.29, 1.82) is 0 Å². The molecule has 7 heteroatoms. The molecule has 0 bridgehead atoms. The van der Waals surface area contributed by atoms with E-state index in [1.807, 2.05) is 0 Å². The number of ether oxygens (including phenoxy) is 2. The Morgan fingerprint density at radius 3 is 2.87 bits per heavy atom. The van der Waals surface area contributed by atoms with Gasteiger partial charge in [0.05, 0.1) is 31.8 Å². The van der Waals surface area contributed by atoms with Gasteiger partial charge < -0.3 is 19.2 Å². The van der Waals surface area contributed by atoms with E-state index in [0.29, 0.717) is 22.8 Å². The Morgan fingerprint density at radius 2 is 2.17 bits per heavy atom. The molecule has 0 aliphatic rings. The number of methoxy groups -OCH3 is 1. The molecule has 3 aromatic rings. The van der Waals surface area contributed by atoms with Crippen molar-refractivity contribution >= 4 is 28.3 Å². The number of nitrogens with zero attached hydrogens (tertiary/aromatic N) is 2. The molecule has 0 aliphatic heterocycles. The molecule has 0 atom stereocenters. The molecule has 0 aromatic carbocycles. The van der Waals surface area contributed by atoms with Crippen molar-refractivity contribution in [2.75, 3.05) is 19.0 Å². The van der Waals surface area contributed by atoms with E-state index >= 15 is 0 Å². The zero-order valence-electron chi connectivity index (χ0n) is 12.7. The van der Waals surface area contributed by atoms with E-state index in [1.165, 1.54) is 0 Å². The SMILES string of the molecule is CCOC(=O)c1oc2cnccc2c1Nc1ccc(OC)nc1. The molecule has 0 saturated carbocycles. The second-order valence-corrected chi connectivity index (χ2v) is 4.61. The summed E-state index contributed by atoms with van der Waals surface area (Å²) in [4.78, 5) is 20.2. The van der Waals surface area contributed by atoms with Gasteiger partial charge in [-0.15, -0.1) is 0 Å². The number of rotatable bonds is 5. The summed E-state index contributed by atoms with van der Waals surface area (Å²) in [6.45, 7) is 2.00. The lowest BCUT2D eigenvalue weighted by atomic mass is 10.2. The third kappa shape index (κ3) is 2.94. The zero-order chi connectivity index (χ0) is 16.2. The molecule has 7 nitrogen and oxygen atoms in total. The maximum absolute atomic E-state index is 12.1. The van der Waals surface area contributed by atoms with Crippen LogP contribution in [0, 0.1) is 0 Å². The lowest BCUT2D eigenvalue weighted by Crippen LogP contribution is -2.06. The number of aromatic nitrogens is 2. The van der Waals surface area contributed by atoms with E-state index in [-0.39, 0.29) is 12.4 Å². The zero-order valence-corrected chi connectivity index (χ0v) is 12.7. The number of esters is 1. The van der Waals surface area contributed by atoms with Gasteiger partial charge in [-0.25, -0.2) is 9.78 Å². The summed E-state index contributed by atoms with van der Waals surface area (Å²) in [7, 11) is 1.55. The van der Waals surface area contributed by atoms with Crippen LogP contribution < -0.4 is 10.1 Å². The van der Waals surface area contributed by atoms with Gasteiger partial charge in [-0.1, -0.05) is 0 Å². The minimum atomic E-state index is -0.535. The summed E-state index contributed by atoms with van der Waals surface area (Å²) in [5.74, 6) is 0.0701. The molecule has 0 spiro atoms. The number of furan rings is 1. The second kappa shape index (κ2) is 6.35. The highest BCUT2D eigenvalue weighted by Crippen LogP contribution is 2.33. The van der Waals surface area contributed by atoms with E-state index < -0.39 is 5.97 Å². The van der Waals surface area contributed by atoms with Crippen LogP contribution in [0.1, 0.15) is 17.5 Å². The van der Waals surface area contributed by atoms with Crippen LogP contribution in [0.25, 0.3) is 11.0 Å². The Kier molecular flexibility index (Phi) is 4.09. The first-order chi connectivity index (χ1) is 11.2. The number of fused-ring (bicyclic) bond motifs is 1. The Labute approximate surface area is 132 Å². The summed E-state index contributed by atoms with van der Waals surface area (Å²) in [5.41, 5.74) is 1.71. The fourth-order valence-corrected chi connectivity index (χ4v) is 2.13. The van der Waals surface area contributed by atoms with Crippen molar-refractivity contribution in [3.8, 4) is 5.88 Å². The molecule has 0 unspecified atom stereocenters. The van der Waals surface area contributed by atoms with Crippen LogP contribution in [-0.2, 0) is 4.74 Å². The third-order valence-electron chi connectivity index (χ3n) is 3.17. The van der Waals surface area contributed by atoms with Gasteiger partial charge in [0, 0.05) is 17.6 Å². The number of nitrogens with one attached hydrogen (secondary N) is 1. The first-order valence-electron chi connectivity index (χ1n) is 7.03. The maximum Gasteiger partial charge on any atom is 0.376 e. The van der Waals surface area contributed by atoms with Crippen LogP contribution >= 0.6 is 0 Å². The second-order valence-electron chi connectivity index (χ2n) is 4.61. The quantitative estimate of drug-likeness (QED) is 0.724. The minimum absolute atomic E-state index is 0.102. The normalized spacial score (nSPS) is 10.5. The fourth-order valence-electron chi connectivity index (χ4n) is 2.13. The number of hydrogen-bond acceptors (Lipinski definition) is 7. The number of anilines is 2. The minimum Gasteiger partial charge on any atom is -0.481 e. The summed E-state index contributed by atoms with van der Waals surface area (Å²) < 4.78 is 15.7. The van der Waals surface area contributed by atoms with Crippen LogP contribution in [0.3, 0.4) is 0 Å². The third-order valence-corrected chi connectivity index (χ3v) is 3.17. The molecule has 3 rings (SSSR count). The Balaban J connectivity index is 2.02. The monoisotopic (exact) mass is 313 g/mol. The highest BCUT2D eigenvalue weighted by Gasteiger charge is 2.22. The number of hydrogen-bond donors (Lipinski definition) is 1. The lowest BCUT2D eigenvalue weighted by Gasteiger charge is -2.07. The molecule has 0 fully saturated rings. The first kappa shape index (κ1) is 14.8. The fraction of sp³-hybridized carbons (Fsp3) is 0.188. The van der Waals surface area contributed by atoms with Crippen molar-refractivity contribution < 1.29 is 18.7 Å². The van der Waals surface area contributed by atoms with Gasteiger partial charge in [-0.3, -0.25) is 4.98 Å². The van der Waals surface area contributed by atoms with Gasteiger partial charge in [0.1, 0.15) is 5.69 Å². The average molecular weight is 313 g/mol. The topological polar surface area (TPSA) is 86.5 Å². The maximum atomic E-state index is 12.1. The van der Waals surface area contributed by atoms with Gasteiger partial charge in [0.15, 0.2) is 5.58 Å². The van der Waals surface area contributed by atoms with Gasteiger partial charge in [-0.2, -0.15) is 0 Å². The van der Waals surface area contributed by atoms with Gasteiger partial charge in [-0.05, 0) is 19.1 Å². The van der Waals surface area contributed by atoms with Crippen LogP contribution in [0.2, 0.25) is 0 Å². The number of carbonyl (C=O) groups excluding carboxylic acids is 1. The Bertz CT molecular complexity index is 827. The summed E-state index contributed by atoms with van der Waals surface area (Å²) in [6, 6.07) is 5.28. The molecule has 0 radical (unpaired) electrons. The van der Waals surface area contributed by atoms with Crippen molar-refractivity contribution in [2.24, 2.45) is 0 Å². The van der Waals surface area contributed by atoms with Crippen molar-refractivity contribution in [2.45, 2.75) is 6.92 Å². The van der Waals surface area contributed by atoms with Crippen molar-refractivity contribution in [3.63, 3.8) is 0 Å². The largest absolute Gasteiger partial charge is 0.481 e. The predicted molar refractivity (Wildman–Crippen MR) is 84.0 cm³/mol. The van der Waals surface area contributed by atoms with Crippen LogP contribution in [-0.4, -0.2) is 29.7 Å². The Morgan fingerprint density at radius 1 is 1.30 bits per heavy atom. The summed E-state index contributed by atoms with van der Waals surface area (Å²) in [6.07, 6.45) is 4.79. The molecule has 0 amide bonds. The number of carbonyl (C=O) groups is 1. The van der Waals surface area contributed by atoms with E-state index in [0.717, 1.165) is 5.39 Å². The molecule has 118 valence electrons. The predicted octanol–water partition coefficient (Wildman–Crippen LogP) is 3.15. The lowest BCUT2D eigenvalue weighted by molar-refractivity contribution is 0.0494. The molecule has 0 aliphatic carbocycles. The van der Waals surface area contributed by atoms with Crippen LogP contribution in [0.4, 0.5) is 11.4 Å². The first-order valence-corrected chi connectivity index (χ1v) is 7.03. The molecule has 3 heterocycles. The Hall–Kier alpha value is -3.09. The standard InChI is InChI=1S/C16H15N3O4/c1-3-22-16(20)15-14(11-6-7-17-9-12(11)23-15)19-10-4-5-13(21-2)18-8-10/h4-9,19H,3H2,1-2H3. The molecular formula is C16H15N3O4. The number of pyridine rings is 2. The van der Waals surface area contributed by atoms with Crippen LogP contribution in [0.5, 0.6) is 5.88 Å². The average Bonchev–Trinajstić information content (AvgIpc) is 2.95. The van der Waals surface area contributed by atoms with E-state index in [4.69, 9.17) is 13.9 Å². The molecule has 3 aromatic heterocycles. The summed E-state index contributed by atoms with van der Waals surface area (Å²) in [5, 5.41) is 3.88. The van der Waals surface area contributed by atoms with Gasteiger partial charge in [0.25, 0.3) is 0 Å². The molecule has 23 heavy (non-hydrogen) atoms. The van der Waals surface area contributed by atoms with E-state index in [9.17, 15) is 4.79 Å². The molecule has 1 N–H and O–H groups in total. The van der Waals surface area contributed by atoms with E-state index in [2.05, 4.69) is 15.3 Å². The molecular weight excluding hydrogens is 298 g/mol. The molecule has 0 saturated heterocycles. The van der Waals surface area contributed by atoms with E-state index in [1.54, 1.807) is 50.8 Å². The summed E-state index contributed by atoms with van der Waals surface area (Å²) >= 11 is 0. The highest BCUT2D eigenvalue weighted by atomic mass is 16.5. The smallest absolute Gasteiger partial charge is 0.376 e. The van der Waals surface area contributed by atoms with Gasteiger partial charge >= 0.3 is 5.97 Å². The van der Waals surface area contributed by atoms with Crippen molar-refractivity contribution in [1.82, 2.24) is 9.97 Å². The van der Waals surface area contributed by atoms with Crippen LogP contribution in [0.15, 0.2) is 41.2 Å². The van der Waals surface area contributed by atoms with Gasteiger partial charge in [0.2, 0.25) is 11.6 Å². The highest BCUT2D eigenvalue weighted by molar-refractivity contribution is 6.05.